The first-order chi connectivity index (χ1) is 12.0. The van der Waals surface area contributed by atoms with Gasteiger partial charge in [0.25, 0.3) is 0 Å². The van der Waals surface area contributed by atoms with Gasteiger partial charge in [-0.25, -0.2) is 4.79 Å². The number of benzene rings is 1. The number of hydrogen-bond donors (Lipinski definition) is 1. The van der Waals surface area contributed by atoms with Crippen LogP contribution < -0.4 is 10.1 Å². The molecule has 6 heteroatoms. The fourth-order valence-corrected chi connectivity index (χ4v) is 4.02. The lowest BCUT2D eigenvalue weighted by Crippen LogP contribution is -2.57. The molecule has 1 aliphatic carbocycles. The molecule has 4 rings (SSSR count). The maximum atomic E-state index is 12.8. The van der Waals surface area contributed by atoms with E-state index in [-0.39, 0.29) is 29.4 Å². The summed E-state index contributed by atoms with van der Waals surface area (Å²) in [6.07, 6.45) is 1.18. The summed E-state index contributed by atoms with van der Waals surface area (Å²) in [7, 11) is 0. The number of amides is 2. The van der Waals surface area contributed by atoms with E-state index in [2.05, 4.69) is 11.4 Å². The molecular formula is C19H24N2O4. The van der Waals surface area contributed by atoms with E-state index in [1.807, 2.05) is 36.9 Å². The molecule has 1 aromatic rings. The normalized spacial score (nSPS) is 27.3. The molecule has 3 aliphatic rings. The lowest BCUT2D eigenvalue weighted by atomic mass is 9.87. The van der Waals surface area contributed by atoms with E-state index in [1.165, 1.54) is 5.56 Å². The van der Waals surface area contributed by atoms with Gasteiger partial charge in [0.15, 0.2) is 0 Å². The van der Waals surface area contributed by atoms with Gasteiger partial charge in [-0.3, -0.25) is 4.79 Å². The summed E-state index contributed by atoms with van der Waals surface area (Å²) < 4.78 is 11.0. The number of nitrogens with zero attached hydrogens (tertiary/aromatic N) is 1. The van der Waals surface area contributed by atoms with Crippen molar-refractivity contribution >= 4 is 12.0 Å². The highest BCUT2D eigenvalue weighted by Crippen LogP contribution is 2.61. The van der Waals surface area contributed by atoms with E-state index in [1.54, 1.807) is 0 Å². The zero-order valence-electron chi connectivity index (χ0n) is 14.7. The molecule has 6 nitrogen and oxygen atoms in total. The van der Waals surface area contributed by atoms with Crippen molar-refractivity contribution in [1.29, 1.82) is 0 Å². The summed E-state index contributed by atoms with van der Waals surface area (Å²) >= 11 is 0. The number of likely N-dealkylation sites (tertiary alicyclic amines) is 1. The average molecular weight is 344 g/mol. The highest BCUT2D eigenvalue weighted by molar-refractivity contribution is 5.86. The van der Waals surface area contributed by atoms with Gasteiger partial charge in [-0.1, -0.05) is 18.2 Å². The molecular weight excluding hydrogens is 320 g/mol. The van der Waals surface area contributed by atoms with Crippen LogP contribution in [-0.2, 0) is 14.9 Å². The minimum atomic E-state index is -0.409. The summed E-state index contributed by atoms with van der Waals surface area (Å²) in [6, 6.07) is 8.09. The van der Waals surface area contributed by atoms with Crippen LogP contribution in [0.5, 0.6) is 5.75 Å². The minimum absolute atomic E-state index is 0.0305. The van der Waals surface area contributed by atoms with Crippen molar-refractivity contribution in [2.24, 2.45) is 5.92 Å². The van der Waals surface area contributed by atoms with Crippen LogP contribution in [0.15, 0.2) is 24.3 Å². The predicted octanol–water partition coefficient (Wildman–Crippen LogP) is 2.07. The second kappa shape index (κ2) is 5.93. The fraction of sp³-hybridized carbons (Fsp3) is 0.579. The quantitative estimate of drug-likeness (QED) is 0.911. The van der Waals surface area contributed by atoms with Gasteiger partial charge in [0, 0.05) is 22.9 Å². The molecule has 0 radical (unpaired) electrons. The Bertz CT molecular complexity index is 698. The Morgan fingerprint density at radius 3 is 2.84 bits per heavy atom. The van der Waals surface area contributed by atoms with Gasteiger partial charge in [-0.15, -0.1) is 0 Å². The molecule has 0 unspecified atom stereocenters. The van der Waals surface area contributed by atoms with Crippen molar-refractivity contribution in [2.75, 3.05) is 19.7 Å². The van der Waals surface area contributed by atoms with E-state index in [0.717, 1.165) is 18.6 Å². The van der Waals surface area contributed by atoms with Gasteiger partial charge in [-0.2, -0.15) is 0 Å². The number of fused-ring (bicyclic) bond motifs is 2. The zero-order valence-corrected chi connectivity index (χ0v) is 14.7. The van der Waals surface area contributed by atoms with Crippen molar-refractivity contribution in [1.82, 2.24) is 10.2 Å². The smallest absolute Gasteiger partial charge is 0.407 e. The number of rotatable bonds is 3. The van der Waals surface area contributed by atoms with Crippen LogP contribution in [-0.4, -0.2) is 48.7 Å². The molecule has 2 aliphatic heterocycles. The van der Waals surface area contributed by atoms with Gasteiger partial charge in [0.05, 0.1) is 19.7 Å². The van der Waals surface area contributed by atoms with Gasteiger partial charge in [-0.05, 0) is 32.8 Å². The molecule has 1 saturated carbocycles. The van der Waals surface area contributed by atoms with Crippen LogP contribution >= 0.6 is 0 Å². The van der Waals surface area contributed by atoms with Crippen molar-refractivity contribution in [3.8, 4) is 5.75 Å². The van der Waals surface area contributed by atoms with E-state index in [0.29, 0.717) is 19.7 Å². The Morgan fingerprint density at radius 1 is 1.32 bits per heavy atom. The molecule has 25 heavy (non-hydrogen) atoms. The van der Waals surface area contributed by atoms with Crippen LogP contribution in [0.25, 0.3) is 0 Å². The molecule has 2 amide bonds. The molecule has 2 heterocycles. The Labute approximate surface area is 147 Å². The molecule has 1 N–H and O–H groups in total. The number of ether oxygens (including phenoxy) is 2. The Balaban J connectivity index is 1.34. The number of carbonyl (C=O) groups excluding carboxylic acids is 2. The van der Waals surface area contributed by atoms with Gasteiger partial charge in [0.2, 0.25) is 5.91 Å². The number of hydrogen-bond acceptors (Lipinski definition) is 4. The van der Waals surface area contributed by atoms with Gasteiger partial charge < -0.3 is 19.7 Å². The van der Waals surface area contributed by atoms with E-state index >= 15 is 0 Å². The molecule has 2 fully saturated rings. The first-order valence-corrected chi connectivity index (χ1v) is 8.98. The van der Waals surface area contributed by atoms with Crippen molar-refractivity contribution in [3.63, 3.8) is 0 Å². The lowest BCUT2D eigenvalue weighted by molar-refractivity contribution is -0.143. The maximum absolute atomic E-state index is 12.8. The van der Waals surface area contributed by atoms with Gasteiger partial charge >= 0.3 is 6.09 Å². The summed E-state index contributed by atoms with van der Waals surface area (Å²) in [6.45, 7) is 5.43. The third-order valence-corrected chi connectivity index (χ3v) is 5.44. The van der Waals surface area contributed by atoms with Gasteiger partial charge in [0.1, 0.15) is 11.9 Å². The zero-order chi connectivity index (χ0) is 17.6. The van der Waals surface area contributed by atoms with E-state index in [9.17, 15) is 9.59 Å². The fourth-order valence-electron chi connectivity index (χ4n) is 4.02. The Hall–Kier alpha value is -2.24. The molecule has 0 bridgehead atoms. The molecule has 1 saturated heterocycles. The lowest BCUT2D eigenvalue weighted by Gasteiger charge is -2.39. The van der Waals surface area contributed by atoms with Crippen LogP contribution in [0.3, 0.4) is 0 Å². The summed E-state index contributed by atoms with van der Waals surface area (Å²) in [5.74, 6) is 1.13. The monoisotopic (exact) mass is 344 g/mol. The summed E-state index contributed by atoms with van der Waals surface area (Å²) in [5.41, 5.74) is 1.12. The number of para-hydroxylation sites is 1. The van der Waals surface area contributed by atoms with E-state index < -0.39 is 6.09 Å². The van der Waals surface area contributed by atoms with Crippen LogP contribution in [0.2, 0.25) is 0 Å². The molecule has 1 spiro atoms. The summed E-state index contributed by atoms with van der Waals surface area (Å²) in [5, 5.41) is 2.70. The first-order valence-electron chi connectivity index (χ1n) is 8.98. The molecule has 134 valence electrons. The number of nitrogens with one attached hydrogen (secondary N) is 1. The highest BCUT2D eigenvalue weighted by atomic mass is 16.6. The van der Waals surface area contributed by atoms with Crippen LogP contribution in [0, 0.1) is 5.92 Å². The number of carbonyl (C=O) groups is 2. The standard InChI is InChI=1S/C19H24N2O4/c1-12(2)20-18(23)25-13-10-21(11-13)17(22)15-9-19(15)7-8-24-16-6-4-3-5-14(16)19/h3-6,12-13,15H,7-11H2,1-2H3,(H,20,23)/t15-,19-/m0/s1. The third kappa shape index (κ3) is 2.83. The number of alkyl carbamates (subject to hydrolysis) is 1. The van der Waals surface area contributed by atoms with Crippen LogP contribution in [0.4, 0.5) is 4.79 Å². The second-order valence-electron chi connectivity index (χ2n) is 7.58. The molecule has 2 atom stereocenters. The predicted molar refractivity (Wildman–Crippen MR) is 91.5 cm³/mol. The second-order valence-corrected chi connectivity index (χ2v) is 7.58. The molecule has 0 aromatic heterocycles. The first kappa shape index (κ1) is 16.2. The van der Waals surface area contributed by atoms with Crippen molar-refractivity contribution in [3.05, 3.63) is 29.8 Å². The van der Waals surface area contributed by atoms with E-state index in [4.69, 9.17) is 9.47 Å². The minimum Gasteiger partial charge on any atom is -0.493 e. The average Bonchev–Trinajstić information content (AvgIpc) is 3.24. The highest BCUT2D eigenvalue weighted by Gasteiger charge is 2.62. The van der Waals surface area contributed by atoms with Crippen molar-refractivity contribution < 1.29 is 19.1 Å². The molecule has 1 aromatic carbocycles. The Morgan fingerprint density at radius 2 is 2.08 bits per heavy atom. The SMILES string of the molecule is CC(C)NC(=O)OC1CN(C(=O)[C@@H]2C[C@]23CCOc2ccccc23)C1. The Kier molecular flexibility index (Phi) is 3.85. The van der Waals surface area contributed by atoms with Crippen molar-refractivity contribution in [2.45, 2.75) is 44.2 Å². The summed E-state index contributed by atoms with van der Waals surface area (Å²) in [4.78, 5) is 26.2. The van der Waals surface area contributed by atoms with Crippen LogP contribution in [0.1, 0.15) is 32.3 Å². The topological polar surface area (TPSA) is 67.9 Å². The third-order valence-electron chi connectivity index (χ3n) is 5.44. The largest absolute Gasteiger partial charge is 0.493 e. The maximum Gasteiger partial charge on any atom is 0.407 e.